The van der Waals surface area contributed by atoms with Crippen LogP contribution in [0.4, 0.5) is 0 Å². The number of rotatable bonds is 8. The van der Waals surface area contributed by atoms with Crippen molar-refractivity contribution in [2.45, 2.75) is 90.9 Å². The van der Waals surface area contributed by atoms with Crippen LogP contribution in [0.15, 0.2) is 0 Å². The van der Waals surface area contributed by atoms with Crippen LogP contribution in [0.5, 0.6) is 0 Å². The zero-order valence-corrected chi connectivity index (χ0v) is 15.2. The van der Waals surface area contributed by atoms with Gasteiger partial charge in [-0.05, 0) is 40.4 Å². The van der Waals surface area contributed by atoms with E-state index >= 15 is 0 Å². The van der Waals surface area contributed by atoms with Gasteiger partial charge in [0.15, 0.2) is 6.29 Å². The van der Waals surface area contributed by atoms with Gasteiger partial charge in [-0.2, -0.15) is 0 Å². The molecule has 0 bridgehead atoms. The minimum absolute atomic E-state index is 0.0145. The van der Waals surface area contributed by atoms with Gasteiger partial charge in [0.05, 0.1) is 24.4 Å². The van der Waals surface area contributed by atoms with Gasteiger partial charge in [0, 0.05) is 6.04 Å². The highest BCUT2D eigenvalue weighted by atomic mass is 32.2. The molecule has 1 fully saturated rings. The lowest BCUT2D eigenvalue weighted by atomic mass is 10.0. The standard InChI is InChI=1S/C15H32N2O3S/c1-9(2)16-12-8-13(18-10(3)4)14(17-21-7)20-15(12)19-11(5)6/h9-17H,8H2,1-7H3. The Kier molecular flexibility index (Phi) is 8.52. The summed E-state index contributed by atoms with van der Waals surface area (Å²) in [6, 6.07) is 0.512. The van der Waals surface area contributed by atoms with Crippen LogP contribution in [0, 0.1) is 0 Å². The molecule has 2 N–H and O–H groups in total. The minimum atomic E-state index is -0.260. The molecule has 0 amide bonds. The molecule has 1 saturated heterocycles. The quantitative estimate of drug-likeness (QED) is 0.670. The molecule has 0 aromatic carbocycles. The lowest BCUT2D eigenvalue weighted by Gasteiger charge is -2.43. The monoisotopic (exact) mass is 320 g/mol. The maximum atomic E-state index is 6.12. The Morgan fingerprint density at radius 2 is 1.67 bits per heavy atom. The molecule has 126 valence electrons. The van der Waals surface area contributed by atoms with E-state index in [-0.39, 0.29) is 36.9 Å². The first kappa shape index (κ1) is 19.2. The van der Waals surface area contributed by atoms with Crippen LogP contribution in [0.3, 0.4) is 0 Å². The van der Waals surface area contributed by atoms with Crippen LogP contribution in [-0.2, 0) is 14.2 Å². The maximum Gasteiger partial charge on any atom is 0.175 e. The van der Waals surface area contributed by atoms with Crippen LogP contribution < -0.4 is 10.0 Å². The molecule has 4 atom stereocenters. The van der Waals surface area contributed by atoms with Gasteiger partial charge in [-0.1, -0.05) is 25.8 Å². The lowest BCUT2D eigenvalue weighted by Crippen LogP contribution is -2.59. The second kappa shape index (κ2) is 9.33. The van der Waals surface area contributed by atoms with Crippen molar-refractivity contribution in [3.63, 3.8) is 0 Å². The smallest absolute Gasteiger partial charge is 0.175 e. The highest BCUT2D eigenvalue weighted by Gasteiger charge is 2.40. The normalized spacial score (nSPS) is 30.6. The zero-order valence-electron chi connectivity index (χ0n) is 14.4. The van der Waals surface area contributed by atoms with Crippen molar-refractivity contribution in [3.8, 4) is 0 Å². The van der Waals surface area contributed by atoms with Crippen LogP contribution in [0.2, 0.25) is 0 Å². The summed E-state index contributed by atoms with van der Waals surface area (Å²) >= 11 is 1.54. The Morgan fingerprint density at radius 3 is 2.14 bits per heavy atom. The van der Waals surface area contributed by atoms with Crippen molar-refractivity contribution < 1.29 is 14.2 Å². The van der Waals surface area contributed by atoms with Gasteiger partial charge in [0.2, 0.25) is 0 Å². The third kappa shape index (κ3) is 6.84. The fraction of sp³-hybridized carbons (Fsp3) is 1.00. The highest BCUT2D eigenvalue weighted by molar-refractivity contribution is 7.96. The molecule has 0 spiro atoms. The molecule has 21 heavy (non-hydrogen) atoms. The zero-order chi connectivity index (χ0) is 16.0. The number of hydrogen-bond donors (Lipinski definition) is 2. The Morgan fingerprint density at radius 1 is 1.05 bits per heavy atom. The van der Waals surface area contributed by atoms with Crippen LogP contribution >= 0.6 is 11.9 Å². The molecule has 4 unspecified atom stereocenters. The second-order valence-electron chi connectivity index (χ2n) is 6.32. The van der Waals surface area contributed by atoms with Crippen molar-refractivity contribution in [2.75, 3.05) is 6.26 Å². The van der Waals surface area contributed by atoms with Crippen LogP contribution in [0.1, 0.15) is 48.0 Å². The fourth-order valence-corrected chi connectivity index (χ4v) is 2.92. The largest absolute Gasteiger partial charge is 0.371 e. The summed E-state index contributed by atoms with van der Waals surface area (Å²) in [5.74, 6) is 0. The van der Waals surface area contributed by atoms with E-state index in [1.165, 1.54) is 0 Å². The Labute approximate surface area is 134 Å². The lowest BCUT2D eigenvalue weighted by molar-refractivity contribution is -0.259. The van der Waals surface area contributed by atoms with Crippen molar-refractivity contribution in [1.29, 1.82) is 0 Å². The summed E-state index contributed by atoms with van der Waals surface area (Å²) < 4.78 is 21.4. The van der Waals surface area contributed by atoms with Gasteiger partial charge in [-0.25, -0.2) is 4.72 Å². The molecule has 1 aliphatic heterocycles. The number of nitrogens with one attached hydrogen (secondary N) is 2. The average Bonchev–Trinajstić information content (AvgIpc) is 2.32. The third-order valence-corrected chi connectivity index (χ3v) is 3.54. The molecule has 0 aromatic rings. The summed E-state index contributed by atoms with van der Waals surface area (Å²) in [6.07, 6.45) is 2.76. The molecule has 1 aliphatic rings. The predicted octanol–water partition coefficient (Wildman–Crippen LogP) is 2.51. The first-order valence-electron chi connectivity index (χ1n) is 7.84. The summed E-state index contributed by atoms with van der Waals surface area (Å²) in [4.78, 5) is 0. The summed E-state index contributed by atoms with van der Waals surface area (Å²) in [7, 11) is 0. The van der Waals surface area contributed by atoms with Crippen LogP contribution in [0.25, 0.3) is 0 Å². The Hall–Kier alpha value is 0.150. The maximum absolute atomic E-state index is 6.12. The summed E-state index contributed by atoms with van der Waals surface area (Å²) in [5.41, 5.74) is 0. The number of hydrogen-bond acceptors (Lipinski definition) is 6. The van der Waals surface area contributed by atoms with Gasteiger partial charge in [-0.3, -0.25) is 0 Å². The molecule has 1 rings (SSSR count). The average molecular weight is 320 g/mol. The van der Waals surface area contributed by atoms with Gasteiger partial charge < -0.3 is 19.5 Å². The van der Waals surface area contributed by atoms with E-state index in [9.17, 15) is 0 Å². The third-order valence-electron chi connectivity index (χ3n) is 3.07. The highest BCUT2D eigenvalue weighted by Crippen LogP contribution is 2.25. The molecule has 1 heterocycles. The Bertz CT molecular complexity index is 290. The van der Waals surface area contributed by atoms with E-state index in [0.717, 1.165) is 6.42 Å². The summed E-state index contributed by atoms with van der Waals surface area (Å²) in [6.45, 7) is 12.4. The fourth-order valence-electron chi connectivity index (χ4n) is 2.48. The Balaban J connectivity index is 2.78. The van der Waals surface area contributed by atoms with Crippen molar-refractivity contribution >= 4 is 11.9 Å². The van der Waals surface area contributed by atoms with Crippen molar-refractivity contribution in [2.24, 2.45) is 0 Å². The van der Waals surface area contributed by atoms with Gasteiger partial charge in [0.1, 0.15) is 6.23 Å². The molecular formula is C15H32N2O3S. The first-order valence-corrected chi connectivity index (χ1v) is 9.06. The van der Waals surface area contributed by atoms with Crippen molar-refractivity contribution in [1.82, 2.24) is 10.0 Å². The SMILES string of the molecule is CSNC1OC(OC(C)C)C(NC(C)C)CC1OC(C)C. The summed E-state index contributed by atoms with van der Waals surface area (Å²) in [5, 5.41) is 3.54. The molecular weight excluding hydrogens is 288 g/mol. The van der Waals surface area contributed by atoms with E-state index in [1.807, 2.05) is 20.1 Å². The molecule has 0 aliphatic carbocycles. The van der Waals surface area contributed by atoms with Crippen molar-refractivity contribution in [3.05, 3.63) is 0 Å². The number of ether oxygens (including phenoxy) is 3. The van der Waals surface area contributed by atoms with E-state index < -0.39 is 0 Å². The van der Waals surface area contributed by atoms with E-state index in [0.29, 0.717) is 6.04 Å². The van der Waals surface area contributed by atoms with E-state index in [1.54, 1.807) is 11.9 Å². The molecule has 0 saturated carbocycles. The predicted molar refractivity (Wildman–Crippen MR) is 88.2 cm³/mol. The first-order chi connectivity index (χ1) is 9.83. The van der Waals surface area contributed by atoms with Gasteiger partial charge >= 0.3 is 0 Å². The van der Waals surface area contributed by atoms with E-state index in [4.69, 9.17) is 14.2 Å². The minimum Gasteiger partial charge on any atom is -0.371 e. The van der Waals surface area contributed by atoms with Crippen LogP contribution in [-0.4, -0.2) is 49.2 Å². The van der Waals surface area contributed by atoms with Gasteiger partial charge in [-0.15, -0.1) is 0 Å². The molecule has 5 nitrogen and oxygen atoms in total. The topological polar surface area (TPSA) is 51.8 Å². The second-order valence-corrected chi connectivity index (χ2v) is 6.96. The molecule has 0 radical (unpaired) electrons. The van der Waals surface area contributed by atoms with E-state index in [2.05, 4.69) is 37.7 Å². The molecule has 6 heteroatoms. The molecule has 0 aromatic heterocycles. The van der Waals surface area contributed by atoms with Gasteiger partial charge in [0.25, 0.3) is 0 Å².